The van der Waals surface area contributed by atoms with Gasteiger partial charge in [0.2, 0.25) is 11.8 Å². The number of anilines is 1. The molecule has 3 aromatic carbocycles. The van der Waals surface area contributed by atoms with Crippen LogP contribution in [0.2, 0.25) is 0 Å². The van der Waals surface area contributed by atoms with Crippen molar-refractivity contribution in [2.45, 2.75) is 12.3 Å². The average molecular weight is 568 g/mol. The first kappa shape index (κ1) is 26.8. The van der Waals surface area contributed by atoms with Crippen LogP contribution in [0.3, 0.4) is 0 Å². The lowest BCUT2D eigenvalue weighted by Crippen LogP contribution is -2.47. The first-order valence-electron chi connectivity index (χ1n) is 13.4. The van der Waals surface area contributed by atoms with Crippen LogP contribution in [0.15, 0.2) is 71.2 Å². The molecule has 41 heavy (non-hydrogen) atoms. The van der Waals surface area contributed by atoms with Crippen molar-refractivity contribution >= 4 is 56.4 Å². The van der Waals surface area contributed by atoms with E-state index in [1.165, 1.54) is 7.11 Å². The molecule has 0 bridgehead atoms. The largest absolute Gasteiger partial charge is 0.465 e. The average Bonchev–Trinajstić information content (AvgIpc) is 3.59. The van der Waals surface area contributed by atoms with Gasteiger partial charge in [0.1, 0.15) is 5.92 Å². The molecular weight excluding hydrogens is 538 g/mol. The van der Waals surface area contributed by atoms with Gasteiger partial charge in [0.25, 0.3) is 0 Å². The number of amides is 2. The van der Waals surface area contributed by atoms with Gasteiger partial charge in [-0.05, 0) is 60.1 Å². The van der Waals surface area contributed by atoms with Gasteiger partial charge in [0, 0.05) is 31.9 Å². The predicted molar refractivity (Wildman–Crippen MR) is 159 cm³/mol. The summed E-state index contributed by atoms with van der Waals surface area (Å²) in [5, 5.41) is 2.91. The Hall–Kier alpha value is -4.41. The standard InChI is InChI=1S/C31H29N5O4S/c1-35-11-13-36(14-12-35)27(37)15-19-3-7-22(8-4-19)33-29(20-6-10-26-25(16-20)32-18-41-26)28-23-9-5-21(31(39)40-2)17-24(23)34-30(28)38/h3-10,16-18,28H,11-15H2,1-2H3,(H,34,38). The molecule has 0 spiro atoms. The Morgan fingerprint density at radius 1 is 1.02 bits per heavy atom. The molecule has 1 unspecified atom stereocenters. The molecule has 6 rings (SSSR count). The van der Waals surface area contributed by atoms with Gasteiger partial charge >= 0.3 is 5.97 Å². The lowest BCUT2D eigenvalue weighted by atomic mass is 9.90. The molecule has 2 amide bonds. The molecule has 9 nitrogen and oxygen atoms in total. The van der Waals surface area contributed by atoms with Crippen molar-refractivity contribution in [1.82, 2.24) is 14.8 Å². The number of piperazine rings is 1. The maximum Gasteiger partial charge on any atom is 0.337 e. The Bertz CT molecular complexity index is 1670. The summed E-state index contributed by atoms with van der Waals surface area (Å²) in [5.41, 5.74) is 7.20. The molecule has 3 heterocycles. The van der Waals surface area contributed by atoms with E-state index in [4.69, 9.17) is 9.73 Å². The third-order valence-electron chi connectivity index (χ3n) is 7.60. The fraction of sp³-hybridized carbons (Fsp3) is 0.258. The van der Waals surface area contributed by atoms with Gasteiger partial charge in [0.15, 0.2) is 0 Å². The Kier molecular flexibility index (Phi) is 7.34. The van der Waals surface area contributed by atoms with Crippen LogP contribution in [0, 0.1) is 0 Å². The zero-order valence-corrected chi connectivity index (χ0v) is 23.6. The zero-order chi connectivity index (χ0) is 28.5. The SMILES string of the molecule is COC(=O)c1ccc2c(c1)NC(=O)C2C(=Nc1ccc(CC(=O)N2CCN(C)CC2)cc1)c1ccc2scnc2c1. The third kappa shape index (κ3) is 5.48. The van der Waals surface area contributed by atoms with Gasteiger partial charge in [0.05, 0.1) is 46.2 Å². The van der Waals surface area contributed by atoms with Gasteiger partial charge in [-0.1, -0.05) is 24.3 Å². The Morgan fingerprint density at radius 2 is 1.78 bits per heavy atom. The van der Waals surface area contributed by atoms with Crippen LogP contribution >= 0.6 is 11.3 Å². The molecule has 0 radical (unpaired) electrons. The summed E-state index contributed by atoms with van der Waals surface area (Å²) < 4.78 is 5.89. The Labute approximate surface area is 241 Å². The number of nitrogens with zero attached hydrogens (tertiary/aromatic N) is 4. The number of fused-ring (bicyclic) bond motifs is 2. The highest BCUT2D eigenvalue weighted by Gasteiger charge is 2.36. The van der Waals surface area contributed by atoms with Crippen LogP contribution < -0.4 is 5.32 Å². The normalized spacial score (nSPS) is 17.4. The fourth-order valence-corrected chi connectivity index (χ4v) is 5.92. The van der Waals surface area contributed by atoms with E-state index in [2.05, 4.69) is 22.2 Å². The van der Waals surface area contributed by atoms with Crippen molar-refractivity contribution in [2.24, 2.45) is 4.99 Å². The topological polar surface area (TPSA) is 104 Å². The molecule has 2 aliphatic rings. The highest BCUT2D eigenvalue weighted by Crippen LogP contribution is 2.37. The molecule has 1 atom stereocenters. The van der Waals surface area contributed by atoms with Crippen molar-refractivity contribution in [2.75, 3.05) is 45.7 Å². The van der Waals surface area contributed by atoms with E-state index >= 15 is 0 Å². The van der Waals surface area contributed by atoms with Gasteiger partial charge in [-0.2, -0.15) is 0 Å². The van der Waals surface area contributed by atoms with Crippen molar-refractivity contribution in [3.63, 3.8) is 0 Å². The van der Waals surface area contributed by atoms with Crippen LogP contribution in [-0.4, -0.2) is 78.6 Å². The minimum atomic E-state index is -0.689. The molecule has 1 N–H and O–H groups in total. The summed E-state index contributed by atoms with van der Waals surface area (Å²) in [4.78, 5) is 51.9. The molecule has 208 valence electrons. The molecule has 4 aromatic rings. The number of esters is 1. The number of likely N-dealkylation sites (N-methyl/N-ethyl adjacent to an activating group) is 1. The number of nitrogens with one attached hydrogen (secondary N) is 1. The second kappa shape index (κ2) is 11.2. The van der Waals surface area contributed by atoms with E-state index in [1.54, 1.807) is 35.0 Å². The number of hydrogen-bond acceptors (Lipinski definition) is 8. The van der Waals surface area contributed by atoms with Crippen molar-refractivity contribution < 1.29 is 19.1 Å². The van der Waals surface area contributed by atoms with Gasteiger partial charge < -0.3 is 19.9 Å². The van der Waals surface area contributed by atoms with Crippen LogP contribution in [-0.2, 0) is 20.7 Å². The van der Waals surface area contributed by atoms with E-state index in [-0.39, 0.29) is 11.8 Å². The monoisotopic (exact) mass is 567 g/mol. The molecule has 1 saturated heterocycles. The van der Waals surface area contributed by atoms with E-state index in [9.17, 15) is 14.4 Å². The van der Waals surface area contributed by atoms with E-state index in [1.807, 2.05) is 47.4 Å². The zero-order valence-electron chi connectivity index (χ0n) is 22.8. The van der Waals surface area contributed by atoms with E-state index < -0.39 is 11.9 Å². The number of rotatable bonds is 6. The molecule has 0 saturated carbocycles. The van der Waals surface area contributed by atoms with Crippen LogP contribution in [0.4, 0.5) is 11.4 Å². The second-order valence-corrected chi connectivity index (χ2v) is 11.2. The lowest BCUT2D eigenvalue weighted by molar-refractivity contribution is -0.132. The summed E-state index contributed by atoms with van der Waals surface area (Å²) in [7, 11) is 3.39. The second-order valence-electron chi connectivity index (χ2n) is 10.3. The molecule has 10 heteroatoms. The minimum Gasteiger partial charge on any atom is -0.465 e. The molecule has 1 fully saturated rings. The van der Waals surface area contributed by atoms with Gasteiger partial charge in [-0.25, -0.2) is 9.78 Å². The molecular formula is C31H29N5O4S. The number of methoxy groups -OCH3 is 1. The number of carbonyl (C=O) groups is 3. The van der Waals surface area contributed by atoms with E-state index in [0.29, 0.717) is 29.1 Å². The van der Waals surface area contributed by atoms with Crippen LogP contribution in [0.5, 0.6) is 0 Å². The number of carbonyl (C=O) groups excluding carboxylic acids is 3. The molecule has 2 aliphatic heterocycles. The van der Waals surface area contributed by atoms with Crippen molar-refractivity contribution in [3.8, 4) is 0 Å². The lowest BCUT2D eigenvalue weighted by Gasteiger charge is -2.32. The molecule has 1 aromatic heterocycles. The summed E-state index contributed by atoms with van der Waals surface area (Å²) in [6.07, 6.45) is 0.335. The number of aromatic nitrogens is 1. The van der Waals surface area contributed by atoms with Gasteiger partial charge in [-0.15, -0.1) is 11.3 Å². The number of hydrogen-bond donors (Lipinski definition) is 1. The summed E-state index contributed by atoms with van der Waals surface area (Å²) >= 11 is 1.55. The van der Waals surface area contributed by atoms with Crippen molar-refractivity contribution in [3.05, 3.63) is 88.4 Å². The summed E-state index contributed by atoms with van der Waals surface area (Å²) in [6.45, 7) is 3.26. The summed E-state index contributed by atoms with van der Waals surface area (Å²) in [5.74, 6) is -1.27. The predicted octanol–water partition coefficient (Wildman–Crippen LogP) is 4.26. The highest BCUT2D eigenvalue weighted by molar-refractivity contribution is 7.16. The van der Waals surface area contributed by atoms with Crippen molar-refractivity contribution in [1.29, 1.82) is 0 Å². The fourth-order valence-electron chi connectivity index (χ4n) is 5.26. The molecule has 0 aliphatic carbocycles. The number of aliphatic imine (C=N–C) groups is 1. The maximum absolute atomic E-state index is 13.4. The van der Waals surface area contributed by atoms with Crippen LogP contribution in [0.25, 0.3) is 10.2 Å². The third-order valence-corrected chi connectivity index (χ3v) is 8.41. The smallest absolute Gasteiger partial charge is 0.337 e. The minimum absolute atomic E-state index is 0.122. The highest BCUT2D eigenvalue weighted by atomic mass is 32.1. The summed E-state index contributed by atoms with van der Waals surface area (Å²) in [6, 6.07) is 18.5. The number of thiazole rings is 1. The van der Waals surface area contributed by atoms with E-state index in [0.717, 1.165) is 53.1 Å². The first-order chi connectivity index (χ1) is 19.9. The number of benzene rings is 3. The van der Waals surface area contributed by atoms with Gasteiger partial charge in [-0.3, -0.25) is 14.6 Å². The first-order valence-corrected chi connectivity index (χ1v) is 14.3. The Balaban J connectivity index is 1.33. The number of ether oxygens (including phenoxy) is 1. The Morgan fingerprint density at radius 3 is 2.54 bits per heavy atom. The quantitative estimate of drug-likeness (QED) is 0.276. The maximum atomic E-state index is 13.4. The van der Waals surface area contributed by atoms with Crippen LogP contribution in [0.1, 0.15) is 33.0 Å².